The topological polar surface area (TPSA) is 53.9 Å². The summed E-state index contributed by atoms with van der Waals surface area (Å²) in [6.45, 7) is 5.30. The van der Waals surface area contributed by atoms with E-state index in [1.807, 2.05) is 12.1 Å². The van der Waals surface area contributed by atoms with Gasteiger partial charge in [0.15, 0.2) is 5.82 Å². The van der Waals surface area contributed by atoms with Crippen LogP contribution in [0.4, 0.5) is 10.1 Å². The Morgan fingerprint density at radius 2 is 1.85 bits per heavy atom. The van der Waals surface area contributed by atoms with Gasteiger partial charge in [0.1, 0.15) is 0 Å². The number of nitrogens with one attached hydrogen (secondary N) is 1. The summed E-state index contributed by atoms with van der Waals surface area (Å²) in [5, 5.41) is 4.58. The van der Waals surface area contributed by atoms with Crippen LogP contribution in [0.15, 0.2) is 43.0 Å². The van der Waals surface area contributed by atoms with E-state index in [-0.39, 0.29) is 11.4 Å². The van der Waals surface area contributed by atoms with Crippen molar-refractivity contribution in [1.82, 2.24) is 19.9 Å². The van der Waals surface area contributed by atoms with Crippen molar-refractivity contribution in [3.05, 3.63) is 48.8 Å². The highest BCUT2D eigenvalue weighted by molar-refractivity contribution is 5.93. The van der Waals surface area contributed by atoms with Gasteiger partial charge in [-0.25, -0.2) is 9.37 Å². The molecular formula is C20H24FN5. The number of pyridine rings is 3. The summed E-state index contributed by atoms with van der Waals surface area (Å²) in [5.41, 5.74) is 2.52. The lowest BCUT2D eigenvalue weighted by atomic mass is 9.99. The molecule has 0 atom stereocenters. The summed E-state index contributed by atoms with van der Waals surface area (Å²) < 4.78 is 14.2. The van der Waals surface area contributed by atoms with E-state index in [9.17, 15) is 4.39 Å². The molecule has 1 N–H and O–H groups in total. The Morgan fingerprint density at radius 3 is 2.58 bits per heavy atom. The molecule has 26 heavy (non-hydrogen) atoms. The second kappa shape index (κ2) is 7.33. The standard InChI is InChI=1S/C20H24FN5/c1-20(2,7-10-26(3)4)25-18-11-17(14-5-8-22-12-16(14)21)24-19-13-23-9-6-15(18)19/h5-6,8-9,11-13H,7,10H2,1-4H3,(H,24,25). The van der Waals surface area contributed by atoms with Crippen LogP contribution in [0.5, 0.6) is 0 Å². The fourth-order valence-corrected chi connectivity index (χ4v) is 2.83. The van der Waals surface area contributed by atoms with Gasteiger partial charge >= 0.3 is 0 Å². The van der Waals surface area contributed by atoms with Gasteiger partial charge in [-0.3, -0.25) is 9.97 Å². The highest BCUT2D eigenvalue weighted by atomic mass is 19.1. The number of rotatable bonds is 6. The van der Waals surface area contributed by atoms with Gasteiger partial charge in [-0.05, 0) is 59.1 Å². The molecule has 0 aromatic carbocycles. The van der Waals surface area contributed by atoms with E-state index in [0.717, 1.165) is 29.6 Å². The summed E-state index contributed by atoms with van der Waals surface area (Å²) >= 11 is 0. The molecule has 136 valence electrons. The largest absolute Gasteiger partial charge is 0.380 e. The Kier molecular flexibility index (Phi) is 5.13. The molecule has 0 amide bonds. The van der Waals surface area contributed by atoms with Gasteiger partial charge in [0.05, 0.1) is 23.6 Å². The zero-order valence-electron chi connectivity index (χ0n) is 15.6. The van der Waals surface area contributed by atoms with Crippen molar-refractivity contribution in [2.45, 2.75) is 25.8 Å². The van der Waals surface area contributed by atoms with E-state index in [0.29, 0.717) is 11.3 Å². The van der Waals surface area contributed by atoms with E-state index in [2.05, 4.69) is 53.1 Å². The quantitative estimate of drug-likeness (QED) is 0.727. The molecule has 0 aliphatic carbocycles. The van der Waals surface area contributed by atoms with Crippen molar-refractivity contribution in [2.24, 2.45) is 0 Å². The van der Waals surface area contributed by atoms with Crippen LogP contribution >= 0.6 is 0 Å². The molecule has 5 nitrogen and oxygen atoms in total. The van der Waals surface area contributed by atoms with Crippen molar-refractivity contribution in [3.63, 3.8) is 0 Å². The van der Waals surface area contributed by atoms with Gasteiger partial charge in [0.2, 0.25) is 0 Å². The van der Waals surface area contributed by atoms with Gasteiger partial charge in [-0.1, -0.05) is 0 Å². The maximum absolute atomic E-state index is 14.2. The number of fused-ring (bicyclic) bond motifs is 1. The van der Waals surface area contributed by atoms with Crippen LogP contribution in [0, 0.1) is 5.82 Å². The van der Waals surface area contributed by atoms with E-state index in [4.69, 9.17) is 0 Å². The van der Waals surface area contributed by atoms with Gasteiger partial charge in [0.25, 0.3) is 0 Å². The summed E-state index contributed by atoms with van der Waals surface area (Å²) in [7, 11) is 4.13. The van der Waals surface area contributed by atoms with Crippen LogP contribution in [-0.2, 0) is 0 Å². The average Bonchev–Trinajstić information content (AvgIpc) is 2.60. The predicted octanol–water partition coefficient (Wildman–Crippen LogP) is 3.97. The highest BCUT2D eigenvalue weighted by Crippen LogP contribution is 2.31. The maximum Gasteiger partial charge on any atom is 0.150 e. The van der Waals surface area contributed by atoms with E-state index < -0.39 is 0 Å². The first kappa shape index (κ1) is 18.2. The molecule has 0 aliphatic heterocycles. The van der Waals surface area contributed by atoms with Gasteiger partial charge in [-0.15, -0.1) is 0 Å². The summed E-state index contributed by atoms with van der Waals surface area (Å²) in [6, 6.07) is 5.47. The molecule has 0 bridgehead atoms. The molecule has 0 spiro atoms. The SMILES string of the molecule is CN(C)CCC(C)(C)Nc1cc(-c2ccncc2F)nc2cnccc12. The third-order valence-corrected chi connectivity index (χ3v) is 4.32. The minimum Gasteiger partial charge on any atom is -0.380 e. The molecule has 3 heterocycles. The molecule has 6 heteroatoms. The van der Waals surface area contributed by atoms with E-state index in [1.165, 1.54) is 6.20 Å². The predicted molar refractivity (Wildman–Crippen MR) is 104 cm³/mol. The van der Waals surface area contributed by atoms with Gasteiger partial charge < -0.3 is 10.2 Å². The van der Waals surface area contributed by atoms with E-state index >= 15 is 0 Å². The Morgan fingerprint density at radius 1 is 1.12 bits per heavy atom. The third kappa shape index (κ3) is 4.14. The lowest BCUT2D eigenvalue weighted by Crippen LogP contribution is -2.34. The van der Waals surface area contributed by atoms with Crippen molar-refractivity contribution in [2.75, 3.05) is 26.0 Å². The van der Waals surface area contributed by atoms with Crippen LogP contribution in [0.25, 0.3) is 22.2 Å². The summed E-state index contributed by atoms with van der Waals surface area (Å²) in [4.78, 5) is 14.7. The highest BCUT2D eigenvalue weighted by Gasteiger charge is 2.20. The lowest BCUT2D eigenvalue weighted by Gasteiger charge is -2.30. The molecular weight excluding hydrogens is 329 g/mol. The zero-order valence-corrected chi connectivity index (χ0v) is 15.6. The number of aromatic nitrogens is 3. The fourth-order valence-electron chi connectivity index (χ4n) is 2.83. The van der Waals surface area contributed by atoms with Crippen molar-refractivity contribution >= 4 is 16.6 Å². The Hall–Kier alpha value is -2.60. The van der Waals surface area contributed by atoms with Gasteiger partial charge in [0, 0.05) is 34.6 Å². The number of nitrogens with zero attached hydrogens (tertiary/aromatic N) is 4. The Balaban J connectivity index is 2.05. The monoisotopic (exact) mass is 353 g/mol. The first-order valence-corrected chi connectivity index (χ1v) is 8.63. The van der Waals surface area contributed by atoms with Crippen LogP contribution in [0.1, 0.15) is 20.3 Å². The van der Waals surface area contributed by atoms with Crippen molar-refractivity contribution in [3.8, 4) is 11.3 Å². The van der Waals surface area contributed by atoms with Crippen LogP contribution in [0.2, 0.25) is 0 Å². The smallest absolute Gasteiger partial charge is 0.150 e. The van der Waals surface area contributed by atoms with Gasteiger partial charge in [-0.2, -0.15) is 0 Å². The summed E-state index contributed by atoms with van der Waals surface area (Å²) in [5.74, 6) is -0.388. The molecule has 0 unspecified atom stereocenters. The number of anilines is 1. The lowest BCUT2D eigenvalue weighted by molar-refractivity contribution is 0.356. The second-order valence-corrected chi connectivity index (χ2v) is 7.37. The first-order chi connectivity index (χ1) is 12.4. The molecule has 3 aromatic heterocycles. The minimum absolute atomic E-state index is 0.129. The average molecular weight is 353 g/mol. The molecule has 0 radical (unpaired) electrons. The minimum atomic E-state index is -0.388. The fraction of sp³-hybridized carbons (Fsp3) is 0.350. The molecule has 0 saturated carbocycles. The Labute approximate surface area is 153 Å². The molecule has 0 fully saturated rings. The Bertz CT molecular complexity index is 908. The van der Waals surface area contributed by atoms with Crippen LogP contribution in [0.3, 0.4) is 0 Å². The van der Waals surface area contributed by atoms with Crippen molar-refractivity contribution in [1.29, 1.82) is 0 Å². The molecule has 3 rings (SSSR count). The zero-order chi connectivity index (χ0) is 18.7. The van der Waals surface area contributed by atoms with Crippen molar-refractivity contribution < 1.29 is 4.39 Å². The molecule has 3 aromatic rings. The normalized spacial score (nSPS) is 11.9. The number of hydrogen-bond acceptors (Lipinski definition) is 5. The third-order valence-electron chi connectivity index (χ3n) is 4.32. The molecule has 0 aliphatic rings. The van der Waals surface area contributed by atoms with Crippen LogP contribution in [-0.4, -0.2) is 46.0 Å². The second-order valence-electron chi connectivity index (χ2n) is 7.37. The van der Waals surface area contributed by atoms with E-state index in [1.54, 1.807) is 24.7 Å². The first-order valence-electron chi connectivity index (χ1n) is 8.63. The summed E-state index contributed by atoms with van der Waals surface area (Å²) in [6.07, 6.45) is 7.19. The number of hydrogen-bond donors (Lipinski definition) is 1. The van der Waals surface area contributed by atoms with Crippen LogP contribution < -0.4 is 5.32 Å². The molecule has 0 saturated heterocycles. The maximum atomic E-state index is 14.2. The number of halogens is 1.